The van der Waals surface area contributed by atoms with Crippen LogP contribution in [-0.4, -0.2) is 49.8 Å². The molecule has 3 atom stereocenters. The largest absolute Gasteiger partial charge is 0.380 e. The Labute approximate surface area is 107 Å². The first-order valence-electron chi connectivity index (χ1n) is 7.17. The normalized spacial score (nSPS) is 25.8. The Bertz CT molecular complexity index is 199. The molecule has 1 fully saturated rings. The second-order valence-corrected chi connectivity index (χ2v) is 5.44. The maximum Gasteiger partial charge on any atom is 0.0698 e. The molecular formula is C14H30N2O. The number of nitrogens with zero attached hydrogens (tertiary/aromatic N) is 1. The zero-order chi connectivity index (χ0) is 12.7. The lowest BCUT2D eigenvalue weighted by Crippen LogP contribution is -2.48. The highest BCUT2D eigenvalue weighted by atomic mass is 16.5. The molecule has 3 nitrogen and oxygen atoms in total. The molecule has 0 aromatic rings. The van der Waals surface area contributed by atoms with Gasteiger partial charge < -0.3 is 10.1 Å². The predicted molar refractivity (Wildman–Crippen MR) is 73.4 cm³/mol. The van der Waals surface area contributed by atoms with Gasteiger partial charge in [-0.25, -0.2) is 0 Å². The van der Waals surface area contributed by atoms with Crippen LogP contribution in [0.1, 0.15) is 46.5 Å². The first-order chi connectivity index (χ1) is 8.17. The van der Waals surface area contributed by atoms with E-state index in [0.29, 0.717) is 18.2 Å². The molecule has 0 aromatic carbocycles. The van der Waals surface area contributed by atoms with E-state index in [1.54, 1.807) is 0 Å². The van der Waals surface area contributed by atoms with E-state index in [4.69, 9.17) is 4.74 Å². The molecule has 102 valence electrons. The highest BCUT2D eigenvalue weighted by Gasteiger charge is 2.23. The van der Waals surface area contributed by atoms with E-state index >= 15 is 0 Å². The van der Waals surface area contributed by atoms with Crippen molar-refractivity contribution in [3.05, 3.63) is 0 Å². The standard InChI is InChI=1S/C14H30N2O/c1-5-7-12(2)15-10-13(3)16-9-6-8-14(11-16)17-4/h12-15H,5-11H2,1-4H3. The Morgan fingerprint density at radius 2 is 2.18 bits per heavy atom. The Balaban J connectivity index is 2.24. The Morgan fingerprint density at radius 1 is 1.41 bits per heavy atom. The fourth-order valence-electron chi connectivity index (χ4n) is 2.59. The van der Waals surface area contributed by atoms with Crippen LogP contribution in [0.25, 0.3) is 0 Å². The second kappa shape index (κ2) is 8.06. The van der Waals surface area contributed by atoms with Crippen molar-refractivity contribution in [2.24, 2.45) is 0 Å². The summed E-state index contributed by atoms with van der Waals surface area (Å²) in [5, 5.41) is 3.63. The number of nitrogens with one attached hydrogen (secondary N) is 1. The van der Waals surface area contributed by atoms with Crippen molar-refractivity contribution in [1.82, 2.24) is 10.2 Å². The Hall–Kier alpha value is -0.120. The van der Waals surface area contributed by atoms with Gasteiger partial charge in [0.15, 0.2) is 0 Å². The zero-order valence-electron chi connectivity index (χ0n) is 12.0. The molecular weight excluding hydrogens is 212 g/mol. The highest BCUT2D eigenvalue weighted by molar-refractivity contribution is 4.79. The number of methoxy groups -OCH3 is 1. The van der Waals surface area contributed by atoms with Gasteiger partial charge in [0.1, 0.15) is 0 Å². The molecule has 0 aromatic heterocycles. The summed E-state index contributed by atoms with van der Waals surface area (Å²) < 4.78 is 5.47. The number of hydrogen-bond acceptors (Lipinski definition) is 3. The molecule has 1 saturated heterocycles. The van der Waals surface area contributed by atoms with Gasteiger partial charge in [0.2, 0.25) is 0 Å². The van der Waals surface area contributed by atoms with Gasteiger partial charge in [-0.1, -0.05) is 13.3 Å². The monoisotopic (exact) mass is 242 g/mol. The summed E-state index contributed by atoms with van der Waals surface area (Å²) in [4.78, 5) is 2.56. The lowest BCUT2D eigenvalue weighted by Gasteiger charge is -2.36. The van der Waals surface area contributed by atoms with Crippen LogP contribution in [-0.2, 0) is 4.74 Å². The number of piperidine rings is 1. The summed E-state index contributed by atoms with van der Waals surface area (Å²) in [5.41, 5.74) is 0. The smallest absolute Gasteiger partial charge is 0.0698 e. The van der Waals surface area contributed by atoms with Gasteiger partial charge in [-0.15, -0.1) is 0 Å². The van der Waals surface area contributed by atoms with Gasteiger partial charge in [0.05, 0.1) is 6.10 Å². The summed E-state index contributed by atoms with van der Waals surface area (Å²) in [6.45, 7) is 10.3. The van der Waals surface area contributed by atoms with E-state index < -0.39 is 0 Å². The van der Waals surface area contributed by atoms with Crippen LogP contribution in [0, 0.1) is 0 Å². The van der Waals surface area contributed by atoms with Gasteiger partial charge in [0.25, 0.3) is 0 Å². The van der Waals surface area contributed by atoms with E-state index in [9.17, 15) is 0 Å². The van der Waals surface area contributed by atoms with Crippen LogP contribution in [0.4, 0.5) is 0 Å². The Kier molecular flexibility index (Phi) is 7.09. The fourth-order valence-corrected chi connectivity index (χ4v) is 2.59. The van der Waals surface area contributed by atoms with Crippen LogP contribution in [0.3, 0.4) is 0 Å². The summed E-state index contributed by atoms with van der Waals surface area (Å²) in [6.07, 6.45) is 5.47. The fraction of sp³-hybridized carbons (Fsp3) is 1.00. The van der Waals surface area contributed by atoms with Crippen molar-refractivity contribution in [1.29, 1.82) is 0 Å². The third kappa shape index (κ3) is 5.36. The molecule has 1 heterocycles. The van der Waals surface area contributed by atoms with E-state index in [-0.39, 0.29) is 0 Å². The van der Waals surface area contributed by atoms with Crippen LogP contribution < -0.4 is 5.32 Å². The van der Waals surface area contributed by atoms with Crippen molar-refractivity contribution < 1.29 is 4.74 Å². The van der Waals surface area contributed by atoms with Crippen LogP contribution in [0.5, 0.6) is 0 Å². The molecule has 3 heteroatoms. The van der Waals surface area contributed by atoms with Crippen molar-refractivity contribution >= 4 is 0 Å². The summed E-state index contributed by atoms with van der Waals surface area (Å²) in [6, 6.07) is 1.26. The maximum absolute atomic E-state index is 5.47. The second-order valence-electron chi connectivity index (χ2n) is 5.44. The summed E-state index contributed by atoms with van der Waals surface area (Å²) in [7, 11) is 1.83. The van der Waals surface area contributed by atoms with Gasteiger partial charge in [-0.2, -0.15) is 0 Å². The van der Waals surface area contributed by atoms with Gasteiger partial charge >= 0.3 is 0 Å². The van der Waals surface area contributed by atoms with E-state index in [2.05, 4.69) is 31.0 Å². The van der Waals surface area contributed by atoms with E-state index in [0.717, 1.165) is 13.1 Å². The first kappa shape index (κ1) is 14.9. The van der Waals surface area contributed by atoms with Gasteiger partial charge in [-0.3, -0.25) is 4.90 Å². The minimum atomic E-state index is 0.444. The molecule has 17 heavy (non-hydrogen) atoms. The topological polar surface area (TPSA) is 24.5 Å². The third-order valence-corrected chi connectivity index (χ3v) is 3.85. The van der Waals surface area contributed by atoms with Crippen LogP contribution in [0.15, 0.2) is 0 Å². The van der Waals surface area contributed by atoms with Gasteiger partial charge in [-0.05, 0) is 39.7 Å². The molecule has 1 aliphatic rings. The number of ether oxygens (including phenoxy) is 1. The molecule has 1 rings (SSSR count). The third-order valence-electron chi connectivity index (χ3n) is 3.85. The van der Waals surface area contributed by atoms with Gasteiger partial charge in [0, 0.05) is 32.3 Å². The predicted octanol–water partition coefficient (Wildman–Crippen LogP) is 2.26. The van der Waals surface area contributed by atoms with E-state index in [1.807, 2.05) is 7.11 Å². The molecule has 1 N–H and O–H groups in total. The molecule has 0 saturated carbocycles. The molecule has 0 spiro atoms. The average Bonchev–Trinajstić information content (AvgIpc) is 2.36. The van der Waals surface area contributed by atoms with E-state index in [1.165, 1.54) is 32.2 Å². The molecule has 3 unspecified atom stereocenters. The van der Waals surface area contributed by atoms with Crippen molar-refractivity contribution in [2.45, 2.75) is 64.6 Å². The first-order valence-corrected chi connectivity index (χ1v) is 7.17. The lowest BCUT2D eigenvalue weighted by molar-refractivity contribution is 0.0172. The SMILES string of the molecule is CCCC(C)NCC(C)N1CCCC(OC)C1. The number of likely N-dealkylation sites (tertiary alicyclic amines) is 1. The highest BCUT2D eigenvalue weighted by Crippen LogP contribution is 2.14. The minimum Gasteiger partial charge on any atom is -0.380 e. The summed E-state index contributed by atoms with van der Waals surface area (Å²) >= 11 is 0. The maximum atomic E-state index is 5.47. The van der Waals surface area contributed by atoms with Crippen LogP contribution in [0.2, 0.25) is 0 Å². The van der Waals surface area contributed by atoms with Crippen molar-refractivity contribution in [3.63, 3.8) is 0 Å². The quantitative estimate of drug-likeness (QED) is 0.741. The molecule has 0 amide bonds. The molecule has 1 aliphatic heterocycles. The number of hydrogen-bond donors (Lipinski definition) is 1. The van der Waals surface area contributed by atoms with Crippen molar-refractivity contribution in [3.8, 4) is 0 Å². The van der Waals surface area contributed by atoms with Crippen LogP contribution >= 0.6 is 0 Å². The minimum absolute atomic E-state index is 0.444. The molecule has 0 radical (unpaired) electrons. The Morgan fingerprint density at radius 3 is 2.82 bits per heavy atom. The zero-order valence-corrected chi connectivity index (χ0v) is 12.0. The molecule has 0 aliphatic carbocycles. The van der Waals surface area contributed by atoms with Crippen molar-refractivity contribution in [2.75, 3.05) is 26.7 Å². The number of rotatable bonds is 7. The lowest BCUT2D eigenvalue weighted by atomic mass is 10.1. The average molecular weight is 242 g/mol. The molecule has 0 bridgehead atoms. The summed E-state index contributed by atoms with van der Waals surface area (Å²) in [5.74, 6) is 0.